The van der Waals surface area contributed by atoms with Crippen LogP contribution in [-0.4, -0.2) is 9.97 Å². The number of aromatic nitrogens is 2. The highest BCUT2D eigenvalue weighted by molar-refractivity contribution is 5.58. The average Bonchev–Trinajstić information content (AvgIpc) is 2.82. The van der Waals surface area contributed by atoms with Gasteiger partial charge in [-0.05, 0) is 25.0 Å². The zero-order chi connectivity index (χ0) is 12.0. The molecule has 1 saturated carbocycles. The number of benzene rings is 1. The zero-order valence-corrected chi connectivity index (χ0v) is 9.00. The summed E-state index contributed by atoms with van der Waals surface area (Å²) in [6, 6.07) is 3.33. The van der Waals surface area contributed by atoms with Gasteiger partial charge in [0, 0.05) is 17.8 Å². The zero-order valence-electron chi connectivity index (χ0n) is 9.00. The van der Waals surface area contributed by atoms with Gasteiger partial charge in [-0.3, -0.25) is 0 Å². The van der Waals surface area contributed by atoms with Crippen molar-refractivity contribution in [2.24, 2.45) is 5.73 Å². The first-order chi connectivity index (χ1) is 8.07. The lowest BCUT2D eigenvalue weighted by molar-refractivity contribution is 0.584. The third kappa shape index (κ3) is 1.82. The highest BCUT2D eigenvalue weighted by Crippen LogP contribution is 2.41. The predicted octanol–water partition coefficient (Wildman–Crippen LogP) is 2.30. The molecule has 3 nitrogen and oxygen atoms in total. The van der Waals surface area contributed by atoms with E-state index >= 15 is 0 Å². The molecule has 0 unspecified atom stereocenters. The minimum atomic E-state index is -0.613. The van der Waals surface area contributed by atoms with E-state index < -0.39 is 11.6 Å². The molecule has 88 valence electrons. The summed E-state index contributed by atoms with van der Waals surface area (Å²) in [4.78, 5) is 7.25. The van der Waals surface area contributed by atoms with Crippen molar-refractivity contribution in [1.29, 1.82) is 0 Å². The van der Waals surface area contributed by atoms with Crippen molar-refractivity contribution in [3.8, 4) is 11.3 Å². The van der Waals surface area contributed by atoms with Gasteiger partial charge in [0.15, 0.2) is 0 Å². The van der Waals surface area contributed by atoms with Gasteiger partial charge in [-0.15, -0.1) is 0 Å². The number of nitrogens with two attached hydrogens (primary N) is 1. The third-order valence-corrected chi connectivity index (χ3v) is 3.00. The number of hydrogen-bond donors (Lipinski definition) is 2. The number of nitrogens with zero attached hydrogens (tertiary/aromatic N) is 1. The van der Waals surface area contributed by atoms with Crippen LogP contribution in [0.1, 0.15) is 18.7 Å². The summed E-state index contributed by atoms with van der Waals surface area (Å²) in [6.07, 6.45) is 3.39. The van der Waals surface area contributed by atoms with Crippen LogP contribution in [0.3, 0.4) is 0 Å². The second-order valence-corrected chi connectivity index (χ2v) is 4.45. The number of hydrogen-bond acceptors (Lipinski definition) is 2. The van der Waals surface area contributed by atoms with Gasteiger partial charge in [0.05, 0.1) is 11.2 Å². The van der Waals surface area contributed by atoms with Crippen molar-refractivity contribution in [1.82, 2.24) is 9.97 Å². The van der Waals surface area contributed by atoms with Crippen molar-refractivity contribution in [2.45, 2.75) is 18.4 Å². The lowest BCUT2D eigenvalue weighted by atomic mass is 10.1. The van der Waals surface area contributed by atoms with Crippen LogP contribution in [0.5, 0.6) is 0 Å². The molecule has 0 radical (unpaired) electrons. The molecule has 17 heavy (non-hydrogen) atoms. The van der Waals surface area contributed by atoms with Crippen molar-refractivity contribution < 1.29 is 8.78 Å². The van der Waals surface area contributed by atoms with E-state index in [1.165, 1.54) is 12.1 Å². The third-order valence-electron chi connectivity index (χ3n) is 3.00. The lowest BCUT2D eigenvalue weighted by Gasteiger charge is -2.02. The quantitative estimate of drug-likeness (QED) is 0.839. The van der Waals surface area contributed by atoms with Crippen LogP contribution in [0.4, 0.5) is 8.78 Å². The van der Waals surface area contributed by atoms with Gasteiger partial charge in [0.2, 0.25) is 0 Å². The summed E-state index contributed by atoms with van der Waals surface area (Å²) in [5.41, 5.74) is 6.53. The Morgan fingerprint density at radius 3 is 2.41 bits per heavy atom. The second-order valence-electron chi connectivity index (χ2n) is 4.45. The van der Waals surface area contributed by atoms with Crippen molar-refractivity contribution in [2.75, 3.05) is 0 Å². The second kappa shape index (κ2) is 3.37. The molecule has 0 saturated heterocycles. The van der Waals surface area contributed by atoms with Crippen LogP contribution >= 0.6 is 0 Å². The Morgan fingerprint density at radius 2 is 1.82 bits per heavy atom. The van der Waals surface area contributed by atoms with Gasteiger partial charge < -0.3 is 10.7 Å². The number of rotatable bonds is 2. The summed E-state index contributed by atoms with van der Waals surface area (Å²) >= 11 is 0. The molecule has 3 N–H and O–H groups in total. The first-order valence-electron chi connectivity index (χ1n) is 5.38. The maximum absolute atomic E-state index is 13.1. The lowest BCUT2D eigenvalue weighted by Crippen LogP contribution is -2.20. The summed E-state index contributed by atoms with van der Waals surface area (Å²) in [6.45, 7) is 0. The topological polar surface area (TPSA) is 54.7 Å². The highest BCUT2D eigenvalue weighted by atomic mass is 19.1. The normalized spacial score (nSPS) is 17.1. The van der Waals surface area contributed by atoms with E-state index in [1.807, 2.05) is 0 Å². The van der Waals surface area contributed by atoms with Crippen LogP contribution in [0.15, 0.2) is 24.4 Å². The Balaban J connectivity index is 2.00. The molecule has 3 rings (SSSR count). The van der Waals surface area contributed by atoms with Gasteiger partial charge in [-0.25, -0.2) is 13.8 Å². The number of H-pyrrole nitrogens is 1. The molecule has 0 amide bonds. The Bertz CT molecular complexity index is 553. The SMILES string of the molecule is NC1(c2nc(-c3cc(F)cc(F)c3)c[nH]2)CC1. The smallest absolute Gasteiger partial charge is 0.126 e. The number of halogens is 2. The van der Waals surface area contributed by atoms with Gasteiger partial charge in [-0.1, -0.05) is 0 Å². The molecule has 1 aliphatic rings. The first kappa shape index (κ1) is 10.4. The van der Waals surface area contributed by atoms with E-state index in [-0.39, 0.29) is 5.54 Å². The molecule has 2 aromatic rings. The van der Waals surface area contributed by atoms with E-state index in [4.69, 9.17) is 5.73 Å². The van der Waals surface area contributed by atoms with E-state index in [1.54, 1.807) is 6.20 Å². The molecule has 0 spiro atoms. The molecule has 0 atom stereocenters. The number of imidazole rings is 1. The molecule has 1 fully saturated rings. The first-order valence-corrected chi connectivity index (χ1v) is 5.38. The Labute approximate surface area is 96.7 Å². The molecule has 1 heterocycles. The van der Waals surface area contributed by atoms with Crippen molar-refractivity contribution in [3.63, 3.8) is 0 Å². The van der Waals surface area contributed by atoms with Crippen molar-refractivity contribution in [3.05, 3.63) is 41.9 Å². The van der Waals surface area contributed by atoms with Crippen LogP contribution in [0, 0.1) is 11.6 Å². The van der Waals surface area contributed by atoms with E-state index in [9.17, 15) is 8.78 Å². The van der Waals surface area contributed by atoms with Gasteiger partial charge in [0.1, 0.15) is 17.5 Å². The van der Waals surface area contributed by atoms with E-state index in [2.05, 4.69) is 9.97 Å². The summed E-state index contributed by atoms with van der Waals surface area (Å²) in [5.74, 6) is -0.547. The summed E-state index contributed by atoms with van der Waals surface area (Å²) in [5, 5.41) is 0. The minimum absolute atomic E-state index is 0.371. The summed E-state index contributed by atoms with van der Waals surface area (Å²) in [7, 11) is 0. The number of nitrogens with one attached hydrogen (secondary N) is 1. The van der Waals surface area contributed by atoms with Gasteiger partial charge in [0.25, 0.3) is 0 Å². The molecule has 1 aromatic heterocycles. The molecular weight excluding hydrogens is 224 g/mol. The average molecular weight is 235 g/mol. The van der Waals surface area contributed by atoms with Crippen LogP contribution < -0.4 is 5.73 Å². The molecule has 0 bridgehead atoms. The summed E-state index contributed by atoms with van der Waals surface area (Å²) < 4.78 is 26.1. The fraction of sp³-hybridized carbons (Fsp3) is 0.250. The van der Waals surface area contributed by atoms with Crippen molar-refractivity contribution >= 4 is 0 Å². The standard InChI is InChI=1S/C12H11F2N3/c13-8-3-7(4-9(14)5-8)10-6-16-11(17-10)12(15)1-2-12/h3-6H,1-2,15H2,(H,16,17). The predicted molar refractivity (Wildman–Crippen MR) is 59.0 cm³/mol. The molecule has 1 aliphatic carbocycles. The Hall–Kier alpha value is -1.75. The molecule has 0 aliphatic heterocycles. The fourth-order valence-electron chi connectivity index (χ4n) is 1.80. The van der Waals surface area contributed by atoms with E-state index in [0.717, 1.165) is 18.9 Å². The van der Waals surface area contributed by atoms with Gasteiger partial charge in [-0.2, -0.15) is 0 Å². The molecule has 1 aromatic carbocycles. The fourth-order valence-corrected chi connectivity index (χ4v) is 1.80. The van der Waals surface area contributed by atoms with Crippen LogP contribution in [-0.2, 0) is 5.54 Å². The Kier molecular flexibility index (Phi) is 2.06. The largest absolute Gasteiger partial charge is 0.346 e. The number of aromatic amines is 1. The molecule has 5 heteroatoms. The monoisotopic (exact) mass is 235 g/mol. The Morgan fingerprint density at radius 1 is 1.18 bits per heavy atom. The van der Waals surface area contributed by atoms with E-state index in [0.29, 0.717) is 17.1 Å². The molecular formula is C12H11F2N3. The minimum Gasteiger partial charge on any atom is -0.346 e. The van der Waals surface area contributed by atoms with Gasteiger partial charge >= 0.3 is 0 Å². The van der Waals surface area contributed by atoms with Crippen LogP contribution in [0.25, 0.3) is 11.3 Å². The maximum atomic E-state index is 13.1. The highest BCUT2D eigenvalue weighted by Gasteiger charge is 2.42. The van der Waals surface area contributed by atoms with Crippen LogP contribution in [0.2, 0.25) is 0 Å². The maximum Gasteiger partial charge on any atom is 0.126 e.